The summed E-state index contributed by atoms with van der Waals surface area (Å²) in [5.74, 6) is 1.03. The lowest BCUT2D eigenvalue weighted by Gasteiger charge is -2.23. The van der Waals surface area contributed by atoms with Crippen molar-refractivity contribution in [2.24, 2.45) is 5.92 Å². The van der Waals surface area contributed by atoms with Crippen LogP contribution in [-0.2, 0) is 0 Å². The lowest BCUT2D eigenvalue weighted by molar-refractivity contribution is 0.0970. The molecule has 1 aliphatic rings. The van der Waals surface area contributed by atoms with Crippen molar-refractivity contribution in [3.63, 3.8) is 0 Å². The first-order valence-electron chi connectivity index (χ1n) is 11.3. The lowest BCUT2D eigenvalue weighted by atomic mass is 9.97. The summed E-state index contributed by atoms with van der Waals surface area (Å²) >= 11 is 1.22. The fourth-order valence-electron chi connectivity index (χ4n) is 4.24. The number of hydrogen-bond donors (Lipinski definition) is 0. The Hall–Kier alpha value is -3.72. The van der Waals surface area contributed by atoms with Crippen molar-refractivity contribution in [2.45, 2.75) is 33.7 Å². The zero-order chi connectivity index (χ0) is 24.9. The van der Waals surface area contributed by atoms with E-state index in [0.717, 1.165) is 11.1 Å². The van der Waals surface area contributed by atoms with Crippen molar-refractivity contribution >= 4 is 33.3 Å². The highest BCUT2D eigenvalue weighted by Gasteiger charge is 2.45. The van der Waals surface area contributed by atoms with Crippen molar-refractivity contribution < 1.29 is 18.7 Å². The fraction of sp³-hybridized carbons (Fsp3) is 0.308. The Morgan fingerprint density at radius 2 is 1.89 bits per heavy atom. The molecule has 0 spiro atoms. The van der Waals surface area contributed by atoms with Crippen LogP contribution in [0.4, 0.5) is 5.13 Å². The van der Waals surface area contributed by atoms with Crippen molar-refractivity contribution in [1.29, 1.82) is 0 Å². The van der Waals surface area contributed by atoms with Gasteiger partial charge in [-0.1, -0.05) is 31.3 Å². The molecule has 0 saturated carbocycles. The van der Waals surface area contributed by atoms with E-state index >= 15 is 0 Å². The van der Waals surface area contributed by atoms with Crippen LogP contribution < -0.4 is 19.8 Å². The van der Waals surface area contributed by atoms with Gasteiger partial charge in [0.15, 0.2) is 16.9 Å². The molecular weight excluding hydrogens is 466 g/mol. The Bertz CT molecular complexity index is 1490. The van der Waals surface area contributed by atoms with Gasteiger partial charge in [0.2, 0.25) is 10.9 Å². The van der Waals surface area contributed by atoms with Crippen LogP contribution in [0.25, 0.3) is 11.0 Å². The number of rotatable bonds is 6. The Morgan fingerprint density at radius 1 is 1.11 bits per heavy atom. The van der Waals surface area contributed by atoms with E-state index in [0.29, 0.717) is 45.7 Å². The second-order valence-corrected chi connectivity index (χ2v) is 9.83. The molecule has 35 heavy (non-hydrogen) atoms. The third-order valence-electron chi connectivity index (χ3n) is 6.12. The van der Waals surface area contributed by atoms with E-state index in [9.17, 15) is 9.59 Å². The average Bonchev–Trinajstić information content (AvgIpc) is 3.46. The number of anilines is 1. The maximum atomic E-state index is 13.8. The number of aromatic nitrogens is 2. The number of hydrogen-bond acceptors (Lipinski definition) is 8. The van der Waals surface area contributed by atoms with Crippen LogP contribution in [0, 0.1) is 19.8 Å². The highest BCUT2D eigenvalue weighted by molar-refractivity contribution is 7.13. The Labute approximate surface area is 206 Å². The van der Waals surface area contributed by atoms with Gasteiger partial charge >= 0.3 is 0 Å². The van der Waals surface area contributed by atoms with Crippen LogP contribution in [-0.4, -0.2) is 29.8 Å². The molecule has 1 atom stereocenters. The van der Waals surface area contributed by atoms with Crippen molar-refractivity contribution in [3.05, 3.63) is 74.1 Å². The number of ether oxygens (including phenoxy) is 2. The number of nitrogens with zero attached hydrogens (tertiary/aromatic N) is 3. The van der Waals surface area contributed by atoms with Gasteiger partial charge in [-0.15, -0.1) is 10.2 Å². The topological polar surface area (TPSA) is 94.8 Å². The summed E-state index contributed by atoms with van der Waals surface area (Å²) in [5, 5.41) is 8.83. The molecule has 0 saturated heterocycles. The fourth-order valence-corrected chi connectivity index (χ4v) is 4.83. The first kappa shape index (κ1) is 23.0. The zero-order valence-corrected chi connectivity index (χ0v) is 20.9. The van der Waals surface area contributed by atoms with E-state index in [1.54, 1.807) is 30.8 Å². The van der Waals surface area contributed by atoms with Gasteiger partial charge in [-0.2, -0.15) is 0 Å². The molecule has 5 rings (SSSR count). The van der Waals surface area contributed by atoms with Crippen molar-refractivity contribution in [2.75, 3.05) is 18.6 Å². The summed E-state index contributed by atoms with van der Waals surface area (Å²) < 4.78 is 17.6. The summed E-state index contributed by atoms with van der Waals surface area (Å²) in [7, 11) is 1.56. The molecule has 0 fully saturated rings. The van der Waals surface area contributed by atoms with Gasteiger partial charge in [0.05, 0.1) is 30.7 Å². The molecule has 0 radical (unpaired) electrons. The first-order chi connectivity index (χ1) is 16.8. The van der Waals surface area contributed by atoms with E-state index in [4.69, 9.17) is 13.9 Å². The Balaban J connectivity index is 1.73. The number of benzene rings is 2. The van der Waals surface area contributed by atoms with E-state index in [1.807, 2.05) is 26.0 Å². The van der Waals surface area contributed by atoms with Gasteiger partial charge < -0.3 is 13.9 Å². The van der Waals surface area contributed by atoms with Crippen LogP contribution in [0.1, 0.15) is 52.7 Å². The van der Waals surface area contributed by atoms with Crippen LogP contribution in [0.5, 0.6) is 11.5 Å². The van der Waals surface area contributed by atoms with Crippen LogP contribution in [0.3, 0.4) is 0 Å². The average molecular weight is 492 g/mol. The first-order valence-corrected chi connectivity index (χ1v) is 12.2. The molecule has 1 aliphatic heterocycles. The third-order valence-corrected chi connectivity index (χ3v) is 6.81. The Morgan fingerprint density at radius 3 is 2.57 bits per heavy atom. The molecule has 2 aromatic heterocycles. The quantitative estimate of drug-likeness (QED) is 0.372. The molecular formula is C26H25N3O5S. The third kappa shape index (κ3) is 3.85. The zero-order valence-electron chi connectivity index (χ0n) is 20.1. The summed E-state index contributed by atoms with van der Waals surface area (Å²) in [6.07, 6.45) is 0. The van der Waals surface area contributed by atoms with Gasteiger partial charge in [-0.05, 0) is 60.7 Å². The van der Waals surface area contributed by atoms with Crippen LogP contribution in [0.2, 0.25) is 0 Å². The Kier molecular flexibility index (Phi) is 5.80. The molecule has 3 heterocycles. The molecule has 4 aromatic rings. The van der Waals surface area contributed by atoms with E-state index < -0.39 is 11.9 Å². The second-order valence-electron chi connectivity index (χ2n) is 9.02. The molecule has 0 N–H and O–H groups in total. The van der Waals surface area contributed by atoms with Crippen molar-refractivity contribution in [1.82, 2.24) is 10.2 Å². The predicted molar refractivity (Wildman–Crippen MR) is 134 cm³/mol. The minimum atomic E-state index is -0.749. The second kappa shape index (κ2) is 8.81. The molecule has 1 amide bonds. The minimum absolute atomic E-state index is 0.0186. The monoisotopic (exact) mass is 491 g/mol. The molecule has 9 heteroatoms. The molecule has 0 aliphatic carbocycles. The number of carbonyl (C=O) groups is 1. The number of methoxy groups -OCH3 is 1. The summed E-state index contributed by atoms with van der Waals surface area (Å²) in [4.78, 5) is 28.9. The maximum Gasteiger partial charge on any atom is 0.297 e. The number of amides is 1. The summed E-state index contributed by atoms with van der Waals surface area (Å²) in [6.45, 7) is 8.54. The van der Waals surface area contributed by atoms with E-state index in [-0.39, 0.29) is 16.8 Å². The van der Waals surface area contributed by atoms with Crippen LogP contribution >= 0.6 is 11.3 Å². The van der Waals surface area contributed by atoms with E-state index in [1.165, 1.54) is 16.2 Å². The molecule has 180 valence electrons. The standard InChI is InChI=1S/C26H25N3O5S/c1-13(2)11-33-18-7-6-16(10-20(18)32-5)22-21-23(30)17-8-14(3)15(4)9-19(17)34-24(21)25(31)29(22)26-28-27-12-35-26/h6-10,12-13,22H,11H2,1-5H3. The highest BCUT2D eigenvalue weighted by Crippen LogP contribution is 2.43. The van der Waals surface area contributed by atoms with Crippen molar-refractivity contribution in [3.8, 4) is 11.5 Å². The van der Waals surface area contributed by atoms with Gasteiger partial charge in [0, 0.05) is 0 Å². The molecule has 8 nitrogen and oxygen atoms in total. The SMILES string of the molecule is COc1cc(C2c3c(oc4cc(C)c(C)cc4c3=O)C(=O)N2c2nncs2)ccc1OCC(C)C. The summed E-state index contributed by atoms with van der Waals surface area (Å²) in [6, 6.07) is 8.29. The van der Waals surface area contributed by atoms with Gasteiger partial charge in [-0.3, -0.25) is 14.5 Å². The molecule has 1 unspecified atom stereocenters. The predicted octanol–water partition coefficient (Wildman–Crippen LogP) is 5.05. The maximum absolute atomic E-state index is 13.8. The number of carbonyl (C=O) groups excluding carboxylic acids is 1. The highest BCUT2D eigenvalue weighted by atomic mass is 32.1. The smallest absolute Gasteiger partial charge is 0.297 e. The number of aryl methyl sites for hydroxylation is 2. The van der Waals surface area contributed by atoms with Gasteiger partial charge in [0.25, 0.3) is 5.91 Å². The van der Waals surface area contributed by atoms with Gasteiger partial charge in [-0.25, -0.2) is 0 Å². The molecule has 2 aromatic carbocycles. The van der Waals surface area contributed by atoms with Gasteiger partial charge in [0.1, 0.15) is 11.1 Å². The lowest BCUT2D eigenvalue weighted by Crippen LogP contribution is -2.29. The van der Waals surface area contributed by atoms with E-state index in [2.05, 4.69) is 24.0 Å². The normalized spacial score (nSPS) is 15.2. The molecule has 0 bridgehead atoms. The largest absolute Gasteiger partial charge is 0.493 e. The summed E-state index contributed by atoms with van der Waals surface area (Å²) in [5.41, 5.74) is 4.59. The minimum Gasteiger partial charge on any atom is -0.493 e. The van der Waals surface area contributed by atoms with Crippen LogP contribution in [0.15, 0.2) is 45.1 Å². The number of fused-ring (bicyclic) bond motifs is 2.